The monoisotopic (exact) mass is 309 g/mol. The van der Waals surface area contributed by atoms with Crippen LogP contribution in [0, 0.1) is 0 Å². The van der Waals surface area contributed by atoms with Crippen LogP contribution in [0.3, 0.4) is 0 Å². The molecule has 0 radical (unpaired) electrons. The molecule has 0 spiro atoms. The van der Waals surface area contributed by atoms with Crippen LogP contribution in [0.15, 0.2) is 53.3 Å². The Bertz CT molecular complexity index is 759. The van der Waals surface area contributed by atoms with Crippen molar-refractivity contribution in [2.75, 3.05) is 0 Å². The van der Waals surface area contributed by atoms with Gasteiger partial charge in [-0.25, -0.2) is 0 Å². The molecule has 0 aliphatic rings. The highest BCUT2D eigenvalue weighted by atomic mass is 16.5. The van der Waals surface area contributed by atoms with Crippen LogP contribution >= 0.6 is 0 Å². The molecule has 0 saturated heterocycles. The number of benzene rings is 1. The van der Waals surface area contributed by atoms with Gasteiger partial charge in [0.25, 0.3) is 5.89 Å². The van der Waals surface area contributed by atoms with E-state index in [2.05, 4.69) is 48.0 Å². The second-order valence-corrected chi connectivity index (χ2v) is 6.31. The molecule has 0 atom stereocenters. The van der Waals surface area contributed by atoms with Gasteiger partial charge in [-0.15, -0.1) is 0 Å². The zero-order valence-corrected chi connectivity index (χ0v) is 13.5. The quantitative estimate of drug-likeness (QED) is 0.728. The van der Waals surface area contributed by atoms with E-state index in [1.807, 2.05) is 24.3 Å². The van der Waals surface area contributed by atoms with E-state index in [0.717, 1.165) is 11.3 Å². The third-order valence-corrected chi connectivity index (χ3v) is 3.49. The molecule has 0 unspecified atom stereocenters. The number of hydrogen-bond donors (Lipinski definition) is 0. The third kappa shape index (κ3) is 3.74. The fourth-order valence-electron chi connectivity index (χ4n) is 2.13. The van der Waals surface area contributed by atoms with Crippen LogP contribution in [0.2, 0.25) is 0 Å². The van der Waals surface area contributed by atoms with E-state index in [1.54, 1.807) is 12.4 Å². The fraction of sp³-hybridized carbons (Fsp3) is 0.278. The normalized spacial score (nSPS) is 11.4. The van der Waals surface area contributed by atoms with Crippen molar-refractivity contribution in [3.63, 3.8) is 0 Å². The van der Waals surface area contributed by atoms with Gasteiger partial charge in [-0.1, -0.05) is 38.1 Å². The third-order valence-electron chi connectivity index (χ3n) is 3.49. The average Bonchev–Trinajstić information content (AvgIpc) is 3.02. The molecule has 23 heavy (non-hydrogen) atoms. The van der Waals surface area contributed by atoms with Gasteiger partial charge in [0, 0.05) is 18.0 Å². The number of pyridine rings is 1. The number of nitrogens with zero attached hydrogens (tertiary/aromatic N) is 3. The molecular weight excluding hydrogens is 290 g/mol. The first kappa shape index (κ1) is 15.2. The lowest BCUT2D eigenvalue weighted by Crippen LogP contribution is -2.10. The summed E-state index contributed by atoms with van der Waals surface area (Å²) in [6, 6.07) is 11.7. The van der Waals surface area contributed by atoms with Crippen molar-refractivity contribution in [1.82, 2.24) is 15.1 Å². The second kappa shape index (κ2) is 6.20. The fourth-order valence-corrected chi connectivity index (χ4v) is 2.13. The average molecular weight is 309 g/mol. The van der Waals surface area contributed by atoms with Crippen LogP contribution < -0.4 is 4.74 Å². The SMILES string of the molecule is CC(C)(C)c1ccc(OCc2nc(-c3ccncc3)no2)cc1. The van der Waals surface area contributed by atoms with Gasteiger partial charge in [0.2, 0.25) is 5.82 Å². The number of aromatic nitrogens is 3. The molecule has 0 aliphatic heterocycles. The Morgan fingerprint density at radius 1 is 1.00 bits per heavy atom. The van der Waals surface area contributed by atoms with Gasteiger partial charge in [0.15, 0.2) is 6.61 Å². The van der Waals surface area contributed by atoms with Gasteiger partial charge in [0.1, 0.15) is 5.75 Å². The molecule has 0 N–H and O–H groups in total. The summed E-state index contributed by atoms with van der Waals surface area (Å²) in [7, 11) is 0. The maximum absolute atomic E-state index is 5.70. The van der Waals surface area contributed by atoms with E-state index in [-0.39, 0.29) is 12.0 Å². The van der Waals surface area contributed by atoms with Crippen LogP contribution in [-0.2, 0) is 12.0 Å². The van der Waals surface area contributed by atoms with Crippen LogP contribution in [0.5, 0.6) is 5.75 Å². The summed E-state index contributed by atoms with van der Waals surface area (Å²) in [5.74, 6) is 1.76. The highest BCUT2D eigenvalue weighted by Gasteiger charge is 2.13. The summed E-state index contributed by atoms with van der Waals surface area (Å²) in [4.78, 5) is 8.29. The molecule has 0 fully saturated rings. The zero-order valence-electron chi connectivity index (χ0n) is 13.5. The molecule has 3 aromatic rings. The standard InChI is InChI=1S/C18H19N3O2/c1-18(2,3)14-4-6-15(7-5-14)22-12-16-20-17(21-23-16)13-8-10-19-11-9-13/h4-11H,12H2,1-3H3. The molecule has 0 saturated carbocycles. The van der Waals surface area contributed by atoms with Gasteiger partial charge in [0.05, 0.1) is 0 Å². The number of hydrogen-bond acceptors (Lipinski definition) is 5. The lowest BCUT2D eigenvalue weighted by atomic mass is 9.87. The molecule has 2 heterocycles. The molecule has 5 nitrogen and oxygen atoms in total. The first-order valence-electron chi connectivity index (χ1n) is 7.49. The first-order chi connectivity index (χ1) is 11.0. The van der Waals surface area contributed by atoms with Crippen molar-refractivity contribution in [2.45, 2.75) is 32.8 Å². The smallest absolute Gasteiger partial charge is 0.264 e. The van der Waals surface area contributed by atoms with Crippen LogP contribution in [0.1, 0.15) is 32.2 Å². The Balaban J connectivity index is 1.64. The van der Waals surface area contributed by atoms with Crippen molar-refractivity contribution in [1.29, 1.82) is 0 Å². The first-order valence-corrected chi connectivity index (χ1v) is 7.49. The summed E-state index contributed by atoms with van der Waals surface area (Å²) in [6.07, 6.45) is 3.39. The number of rotatable bonds is 4. The molecule has 0 amide bonds. The van der Waals surface area contributed by atoms with Crippen LogP contribution in [0.25, 0.3) is 11.4 Å². The van der Waals surface area contributed by atoms with Gasteiger partial charge in [-0.05, 0) is 35.2 Å². The van der Waals surface area contributed by atoms with Crippen LogP contribution in [0.4, 0.5) is 0 Å². The Morgan fingerprint density at radius 3 is 2.35 bits per heavy atom. The van der Waals surface area contributed by atoms with Crippen molar-refractivity contribution in [3.8, 4) is 17.1 Å². The van der Waals surface area contributed by atoms with E-state index >= 15 is 0 Å². The van der Waals surface area contributed by atoms with Gasteiger partial charge >= 0.3 is 0 Å². The lowest BCUT2D eigenvalue weighted by Gasteiger charge is -2.19. The molecule has 3 rings (SSSR count). The maximum Gasteiger partial charge on any atom is 0.264 e. The molecule has 0 aliphatic carbocycles. The van der Waals surface area contributed by atoms with Crippen LogP contribution in [-0.4, -0.2) is 15.1 Å². The Kier molecular flexibility index (Phi) is 4.10. The molecular formula is C18H19N3O2. The van der Waals surface area contributed by atoms with Gasteiger partial charge < -0.3 is 9.26 Å². The van der Waals surface area contributed by atoms with E-state index in [9.17, 15) is 0 Å². The van der Waals surface area contributed by atoms with Gasteiger partial charge in [-0.2, -0.15) is 4.98 Å². The van der Waals surface area contributed by atoms with Crippen molar-refractivity contribution >= 4 is 0 Å². The molecule has 0 bridgehead atoms. The molecule has 1 aromatic carbocycles. The maximum atomic E-state index is 5.70. The molecule has 118 valence electrons. The highest BCUT2D eigenvalue weighted by molar-refractivity contribution is 5.52. The second-order valence-electron chi connectivity index (χ2n) is 6.31. The van der Waals surface area contributed by atoms with E-state index < -0.39 is 0 Å². The van der Waals surface area contributed by atoms with Crippen molar-refractivity contribution in [2.24, 2.45) is 0 Å². The predicted molar refractivity (Wildman–Crippen MR) is 87.0 cm³/mol. The Labute approximate surface area is 135 Å². The van der Waals surface area contributed by atoms with E-state index in [4.69, 9.17) is 9.26 Å². The summed E-state index contributed by atoms with van der Waals surface area (Å²) < 4.78 is 10.9. The van der Waals surface area contributed by atoms with E-state index in [0.29, 0.717) is 11.7 Å². The Hall–Kier alpha value is -2.69. The van der Waals surface area contributed by atoms with Crippen molar-refractivity contribution < 1.29 is 9.26 Å². The van der Waals surface area contributed by atoms with E-state index in [1.165, 1.54) is 5.56 Å². The topological polar surface area (TPSA) is 61.0 Å². The Morgan fingerprint density at radius 2 is 1.70 bits per heavy atom. The highest BCUT2D eigenvalue weighted by Crippen LogP contribution is 2.24. The summed E-state index contributed by atoms with van der Waals surface area (Å²) in [6.45, 7) is 6.79. The molecule has 2 aromatic heterocycles. The van der Waals surface area contributed by atoms with Gasteiger partial charge in [-0.3, -0.25) is 4.98 Å². The largest absolute Gasteiger partial charge is 0.484 e. The minimum absolute atomic E-state index is 0.129. The zero-order chi connectivity index (χ0) is 16.3. The lowest BCUT2D eigenvalue weighted by molar-refractivity contribution is 0.243. The van der Waals surface area contributed by atoms with Crippen molar-refractivity contribution in [3.05, 3.63) is 60.2 Å². The summed E-state index contributed by atoms with van der Waals surface area (Å²) in [5.41, 5.74) is 2.26. The summed E-state index contributed by atoms with van der Waals surface area (Å²) >= 11 is 0. The minimum atomic E-state index is 0.129. The predicted octanol–water partition coefficient (Wildman–Crippen LogP) is 4.01. The number of ether oxygens (including phenoxy) is 1. The molecule has 5 heteroatoms. The summed E-state index contributed by atoms with van der Waals surface area (Å²) in [5, 5.41) is 3.95. The minimum Gasteiger partial charge on any atom is -0.484 e.